The number of fused-ring (bicyclic) bond motifs is 6. The van der Waals surface area contributed by atoms with Gasteiger partial charge in [-0.05, 0) is 250 Å². The van der Waals surface area contributed by atoms with E-state index in [9.17, 15) is 0 Å². The van der Waals surface area contributed by atoms with Gasteiger partial charge in [-0.2, -0.15) is 0 Å². The molecular formula is C105H108N18. The van der Waals surface area contributed by atoms with Crippen molar-refractivity contribution in [3.8, 4) is 0 Å². The molecule has 12 heterocycles. The average Bonchev–Trinajstić information content (AvgIpc) is 1.60. The Morgan fingerprint density at radius 2 is 0.423 bits per heavy atom. The summed E-state index contributed by atoms with van der Waals surface area (Å²) in [7, 11) is 6.33. The topological polar surface area (TPSA) is 116 Å². The Labute approximate surface area is 725 Å². The van der Waals surface area contributed by atoms with Gasteiger partial charge in [-0.1, -0.05) is 164 Å². The Hall–Kier alpha value is -14.5. The third-order valence-electron chi connectivity index (χ3n) is 24.4. The smallest absolute Gasteiger partial charge is 0.158 e. The first-order chi connectivity index (χ1) is 59.9. The van der Waals surface area contributed by atoms with Crippen LogP contribution in [0.5, 0.6) is 0 Å². The highest BCUT2D eigenvalue weighted by Crippen LogP contribution is 2.52. The lowest BCUT2D eigenvalue weighted by atomic mass is 10.1. The first-order valence-corrected chi connectivity index (χ1v) is 42.4. The van der Waals surface area contributed by atoms with Crippen molar-refractivity contribution >= 4 is 120 Å². The highest BCUT2D eigenvalue weighted by Gasteiger charge is 2.41. The van der Waals surface area contributed by atoms with E-state index in [4.69, 9.17) is 0 Å². The average molecular weight is 1620 g/mol. The van der Waals surface area contributed by atoms with Gasteiger partial charge in [0.15, 0.2) is 23.3 Å². The predicted octanol–water partition coefficient (Wildman–Crippen LogP) is 25.0. The number of hydrogen-bond donors (Lipinski definition) is 0. The van der Waals surface area contributed by atoms with Crippen LogP contribution in [-0.4, -0.2) is 88.0 Å². The molecule has 9 aromatic carbocycles. The van der Waals surface area contributed by atoms with Crippen LogP contribution in [0.2, 0.25) is 0 Å². The van der Waals surface area contributed by atoms with Gasteiger partial charge in [-0.25, -0.2) is 19.9 Å². The van der Waals surface area contributed by atoms with Crippen LogP contribution in [0.4, 0.5) is 120 Å². The summed E-state index contributed by atoms with van der Waals surface area (Å²) in [5.74, 6) is 4.11. The first-order valence-electron chi connectivity index (χ1n) is 42.4. The summed E-state index contributed by atoms with van der Waals surface area (Å²) in [5.41, 5.74) is 28.0. The fourth-order valence-corrected chi connectivity index (χ4v) is 17.8. The molecule has 15 aromatic rings. The molecule has 21 rings (SSSR count). The second-order valence-corrected chi connectivity index (χ2v) is 31.8. The van der Waals surface area contributed by atoms with Gasteiger partial charge >= 0.3 is 0 Å². The van der Waals surface area contributed by atoms with Crippen molar-refractivity contribution in [2.45, 2.75) is 120 Å². The van der Waals surface area contributed by atoms with Crippen molar-refractivity contribution in [3.63, 3.8) is 0 Å². The summed E-state index contributed by atoms with van der Waals surface area (Å²) in [5, 5.41) is 0. The summed E-state index contributed by atoms with van der Waals surface area (Å²) in [6, 6.07) is 103. The van der Waals surface area contributed by atoms with Crippen LogP contribution in [-0.2, 0) is 0 Å². The van der Waals surface area contributed by atoms with Gasteiger partial charge in [0, 0.05) is 110 Å². The van der Waals surface area contributed by atoms with E-state index in [0.717, 1.165) is 46.0 Å². The second-order valence-electron chi connectivity index (χ2n) is 31.8. The number of para-hydroxylation sites is 9. The van der Waals surface area contributed by atoms with Crippen LogP contribution in [0.1, 0.15) is 74.9 Å². The third kappa shape index (κ3) is 16.0. The molecule has 0 radical (unpaired) electrons. The molecular weight excluding hydrogens is 1510 g/mol. The zero-order valence-electron chi connectivity index (χ0n) is 72.9. The predicted molar refractivity (Wildman–Crippen MR) is 513 cm³/mol. The van der Waals surface area contributed by atoms with Gasteiger partial charge < -0.3 is 58.8 Å². The summed E-state index contributed by atoms with van der Waals surface area (Å²) in [6.45, 7) is 26.2. The number of rotatable bonds is 9. The molecule has 6 aliphatic rings. The van der Waals surface area contributed by atoms with Gasteiger partial charge in [-0.15, -0.1) is 0 Å². The first kappa shape index (κ1) is 82.2. The van der Waals surface area contributed by atoms with E-state index in [1.807, 2.05) is 86.0 Å². The van der Waals surface area contributed by atoms with Crippen LogP contribution in [0.3, 0.4) is 0 Å². The highest BCUT2D eigenvalue weighted by molar-refractivity contribution is 5.91. The Morgan fingerprint density at radius 1 is 0.179 bits per heavy atom. The van der Waals surface area contributed by atoms with E-state index in [1.54, 1.807) is 0 Å². The Bertz CT molecular complexity index is 5540. The molecule has 6 aliphatic heterocycles. The fraction of sp³-hybridized carbons (Fsp3) is 0.200. The number of nitrogens with zero attached hydrogens (tertiary/aromatic N) is 18. The number of aryl methyl sites for hydroxylation is 6. The van der Waals surface area contributed by atoms with E-state index in [2.05, 4.69) is 454 Å². The van der Waals surface area contributed by atoms with Crippen molar-refractivity contribution in [1.82, 2.24) is 29.9 Å². The molecule has 0 spiro atoms. The van der Waals surface area contributed by atoms with E-state index in [0.29, 0.717) is 6.17 Å². The number of anilines is 21. The summed E-state index contributed by atoms with van der Waals surface area (Å²) in [6.07, 6.45) is 16.5. The molecule has 18 nitrogen and oxygen atoms in total. The van der Waals surface area contributed by atoms with E-state index in [1.165, 1.54) is 107 Å². The summed E-state index contributed by atoms with van der Waals surface area (Å²) < 4.78 is 0. The minimum absolute atomic E-state index is 0.170. The van der Waals surface area contributed by atoms with Crippen LogP contribution in [0.15, 0.2) is 347 Å². The van der Waals surface area contributed by atoms with Crippen molar-refractivity contribution in [2.75, 3.05) is 79.9 Å². The van der Waals surface area contributed by atoms with Crippen LogP contribution in [0.25, 0.3) is 0 Å². The Kier molecular flexibility index (Phi) is 24.2. The van der Waals surface area contributed by atoms with Crippen molar-refractivity contribution in [3.05, 3.63) is 380 Å². The second kappa shape index (κ2) is 36.2. The maximum atomic E-state index is 4.67. The molecule has 0 bridgehead atoms. The van der Waals surface area contributed by atoms with Gasteiger partial charge in [0.05, 0.1) is 57.9 Å². The number of aromatic nitrogens is 6. The molecule has 0 saturated carbocycles. The van der Waals surface area contributed by atoms with Crippen LogP contribution >= 0.6 is 0 Å². The van der Waals surface area contributed by atoms with E-state index in [-0.39, 0.29) is 30.8 Å². The minimum atomic E-state index is 0.170. The molecule has 0 unspecified atom stereocenters. The number of benzene rings is 9. The zero-order chi connectivity index (χ0) is 85.5. The lowest BCUT2D eigenvalue weighted by Crippen LogP contribution is -2.36. The highest BCUT2D eigenvalue weighted by atomic mass is 15.5. The quantitative estimate of drug-likeness (QED) is 0.136. The number of pyridine rings is 6. The molecule has 0 N–H and O–H groups in total. The molecule has 6 atom stereocenters. The zero-order valence-corrected chi connectivity index (χ0v) is 72.9. The standard InChI is InChI=1S/3C20H19N3.3C15H17N3/c1-15-9-6-7-12-18(15)23-16(2)22(17-10-4-3-5-11-17)20-19(23)13-8-14-21-20;1-15-9-6-7-12-18(15)23-16(2)22(17-10-4-3-5-11-17)19-13-8-14-21-20(19)23;1-15-8-6-7-11-18(15)23-16(2)22(17-9-4-3-5-10-17)19-12-13-21-14-20(19)23;1-11-7-4-5-8-13(11)18-12(2)17(3)15-14(18)9-6-10-16-15;1-11-7-4-5-8-13(11)18-12(2)17(3)14-9-6-10-16-15(14)18;1-11-6-4-5-7-13(11)18-12(2)17(3)14-8-9-16-10-15(14)18/h3*3-14,16H,1-2H3;3*4-10,12H,1-3H3/t3*16-;3*12-/m000000/s1. The Balaban J connectivity index is 0.000000110. The molecule has 0 saturated heterocycles. The molecule has 18 heteroatoms. The monoisotopic (exact) mass is 1620 g/mol. The summed E-state index contributed by atoms with van der Waals surface area (Å²) >= 11 is 0. The molecule has 0 aliphatic carbocycles. The van der Waals surface area contributed by atoms with E-state index >= 15 is 0 Å². The van der Waals surface area contributed by atoms with E-state index < -0.39 is 0 Å². The number of hydrogen-bond acceptors (Lipinski definition) is 18. The largest absolute Gasteiger partial charge is 0.352 e. The maximum Gasteiger partial charge on any atom is 0.158 e. The normalized spacial score (nSPS) is 17.2. The SMILES string of the molecule is Cc1ccccc1N1c2cccnc2N(C)[C@@H]1C.Cc1ccccc1N1c2cccnc2N(c2ccccc2)[C@@H]1C.Cc1ccccc1N1c2cnccc2N(C)[C@@H]1C.Cc1ccccc1N1c2cnccc2N(c2ccccc2)[C@@H]1C.Cc1ccccc1N1c2ncccc2N(C)[C@@H]1C.Cc1ccccc1N1c2ncccc2N(c2ccccc2)[C@@H]1C. The van der Waals surface area contributed by atoms with Crippen LogP contribution in [0, 0.1) is 41.5 Å². The lowest BCUT2D eigenvalue weighted by molar-refractivity contribution is 0.728. The molecule has 123 heavy (non-hydrogen) atoms. The van der Waals surface area contributed by atoms with Gasteiger partial charge in [0.1, 0.15) is 37.0 Å². The maximum absolute atomic E-state index is 4.67. The van der Waals surface area contributed by atoms with Gasteiger partial charge in [-0.3, -0.25) is 9.97 Å². The Morgan fingerprint density at radius 3 is 0.846 bits per heavy atom. The molecule has 0 amide bonds. The fourth-order valence-electron chi connectivity index (χ4n) is 17.8. The van der Waals surface area contributed by atoms with Crippen molar-refractivity contribution in [1.29, 1.82) is 0 Å². The van der Waals surface area contributed by atoms with Crippen molar-refractivity contribution < 1.29 is 0 Å². The third-order valence-corrected chi connectivity index (χ3v) is 24.4. The lowest BCUT2D eigenvalue weighted by Gasteiger charge is -2.31. The molecule has 0 fully saturated rings. The van der Waals surface area contributed by atoms with Crippen LogP contribution < -0.4 is 58.8 Å². The minimum Gasteiger partial charge on any atom is -0.352 e. The van der Waals surface area contributed by atoms with Crippen molar-refractivity contribution in [2.24, 2.45) is 0 Å². The van der Waals surface area contributed by atoms with Gasteiger partial charge in [0.2, 0.25) is 0 Å². The molecule has 6 aromatic heterocycles. The molecule has 618 valence electrons. The summed E-state index contributed by atoms with van der Waals surface area (Å²) in [4.78, 5) is 54.8. The van der Waals surface area contributed by atoms with Gasteiger partial charge in [0.25, 0.3) is 0 Å².